The maximum atomic E-state index is 5.76. The number of benzene rings is 1. The minimum atomic E-state index is 0.257. The van der Waals surface area contributed by atoms with Gasteiger partial charge in [0.25, 0.3) is 0 Å². The van der Waals surface area contributed by atoms with E-state index in [4.69, 9.17) is 16.3 Å². The van der Waals surface area contributed by atoms with Crippen LogP contribution in [0.15, 0.2) is 30.5 Å². The highest BCUT2D eigenvalue weighted by atomic mass is 35.5. The minimum Gasteiger partial charge on any atom is -0.497 e. The smallest absolute Gasteiger partial charge is 0.222 e. The molecule has 0 atom stereocenters. The highest BCUT2D eigenvalue weighted by Crippen LogP contribution is 2.25. The molecule has 3 nitrogen and oxygen atoms in total. The SMILES string of the molecule is COc1ccc(-c2ccnc(Cl)n2)c(C)c1. The van der Waals surface area contributed by atoms with Crippen LogP contribution in [0, 0.1) is 6.92 Å². The first kappa shape index (κ1) is 10.9. The van der Waals surface area contributed by atoms with Crippen LogP contribution in [0.5, 0.6) is 5.75 Å². The van der Waals surface area contributed by atoms with E-state index in [-0.39, 0.29) is 5.28 Å². The standard InChI is InChI=1S/C12H11ClN2O/c1-8-7-9(16-2)3-4-10(8)11-5-6-14-12(13)15-11/h3-7H,1-2H3. The molecule has 0 radical (unpaired) electrons. The van der Waals surface area contributed by atoms with Crippen LogP contribution in [0.4, 0.5) is 0 Å². The van der Waals surface area contributed by atoms with Crippen LogP contribution in [0.2, 0.25) is 5.28 Å². The highest BCUT2D eigenvalue weighted by molar-refractivity contribution is 6.28. The molecule has 0 aliphatic rings. The van der Waals surface area contributed by atoms with Crippen LogP contribution in [-0.4, -0.2) is 17.1 Å². The van der Waals surface area contributed by atoms with Crippen molar-refractivity contribution in [2.24, 2.45) is 0 Å². The Balaban J connectivity index is 2.48. The number of hydrogen-bond donors (Lipinski definition) is 0. The van der Waals surface area contributed by atoms with E-state index in [0.29, 0.717) is 0 Å². The molecule has 4 heteroatoms. The van der Waals surface area contributed by atoms with Crippen LogP contribution in [0.3, 0.4) is 0 Å². The summed E-state index contributed by atoms with van der Waals surface area (Å²) in [7, 11) is 1.65. The Morgan fingerprint density at radius 3 is 2.69 bits per heavy atom. The van der Waals surface area contributed by atoms with Gasteiger partial charge in [-0.15, -0.1) is 0 Å². The van der Waals surface area contributed by atoms with Gasteiger partial charge in [0.05, 0.1) is 12.8 Å². The zero-order valence-corrected chi connectivity index (χ0v) is 9.82. The van der Waals surface area contributed by atoms with Crippen molar-refractivity contribution < 1.29 is 4.74 Å². The molecule has 16 heavy (non-hydrogen) atoms. The molecule has 0 unspecified atom stereocenters. The largest absolute Gasteiger partial charge is 0.497 e. The van der Waals surface area contributed by atoms with Gasteiger partial charge in [-0.25, -0.2) is 9.97 Å². The van der Waals surface area contributed by atoms with Crippen molar-refractivity contribution in [2.45, 2.75) is 6.92 Å². The third kappa shape index (κ3) is 2.14. The molecule has 0 saturated heterocycles. The molecular formula is C12H11ClN2O. The second kappa shape index (κ2) is 4.49. The van der Waals surface area contributed by atoms with Crippen molar-refractivity contribution in [1.82, 2.24) is 9.97 Å². The first-order chi connectivity index (χ1) is 7.70. The number of aromatic nitrogens is 2. The Morgan fingerprint density at radius 1 is 1.25 bits per heavy atom. The van der Waals surface area contributed by atoms with Crippen LogP contribution in [0.1, 0.15) is 5.56 Å². The topological polar surface area (TPSA) is 35.0 Å². The first-order valence-corrected chi connectivity index (χ1v) is 5.22. The fraction of sp³-hybridized carbons (Fsp3) is 0.167. The zero-order chi connectivity index (χ0) is 11.5. The molecule has 0 bridgehead atoms. The lowest BCUT2D eigenvalue weighted by Gasteiger charge is -2.07. The van der Waals surface area contributed by atoms with Gasteiger partial charge in [-0.3, -0.25) is 0 Å². The van der Waals surface area contributed by atoms with Crippen molar-refractivity contribution in [3.63, 3.8) is 0 Å². The van der Waals surface area contributed by atoms with Gasteiger partial charge in [0, 0.05) is 11.8 Å². The third-order valence-corrected chi connectivity index (χ3v) is 2.52. The van der Waals surface area contributed by atoms with Crippen molar-refractivity contribution in [3.8, 4) is 17.0 Å². The van der Waals surface area contributed by atoms with E-state index in [9.17, 15) is 0 Å². The zero-order valence-electron chi connectivity index (χ0n) is 9.07. The monoisotopic (exact) mass is 234 g/mol. The number of rotatable bonds is 2. The van der Waals surface area contributed by atoms with Crippen molar-refractivity contribution >= 4 is 11.6 Å². The van der Waals surface area contributed by atoms with E-state index in [2.05, 4.69) is 9.97 Å². The Hall–Kier alpha value is -1.61. The summed E-state index contributed by atoms with van der Waals surface area (Å²) in [5.41, 5.74) is 2.94. The van der Waals surface area contributed by atoms with Crippen LogP contribution < -0.4 is 4.74 Å². The average molecular weight is 235 g/mol. The average Bonchev–Trinajstić information content (AvgIpc) is 2.28. The Morgan fingerprint density at radius 2 is 2.06 bits per heavy atom. The fourth-order valence-electron chi connectivity index (χ4n) is 1.54. The van der Waals surface area contributed by atoms with Gasteiger partial charge in [-0.2, -0.15) is 0 Å². The van der Waals surface area contributed by atoms with Crippen molar-refractivity contribution in [3.05, 3.63) is 41.3 Å². The van der Waals surface area contributed by atoms with Gasteiger partial charge in [-0.1, -0.05) is 0 Å². The predicted molar refractivity (Wildman–Crippen MR) is 63.8 cm³/mol. The Labute approximate surface area is 99.1 Å². The Bertz CT molecular complexity index is 514. The molecule has 0 saturated carbocycles. The fourth-order valence-corrected chi connectivity index (χ4v) is 1.68. The summed E-state index contributed by atoms with van der Waals surface area (Å²) < 4.78 is 5.15. The predicted octanol–water partition coefficient (Wildman–Crippen LogP) is 3.11. The number of methoxy groups -OCH3 is 1. The summed E-state index contributed by atoms with van der Waals surface area (Å²) in [5.74, 6) is 0.835. The lowest BCUT2D eigenvalue weighted by atomic mass is 10.1. The van der Waals surface area contributed by atoms with E-state index in [1.807, 2.05) is 31.2 Å². The summed E-state index contributed by atoms with van der Waals surface area (Å²) in [4.78, 5) is 8.03. The highest BCUT2D eigenvalue weighted by Gasteiger charge is 2.05. The first-order valence-electron chi connectivity index (χ1n) is 4.84. The van der Waals surface area contributed by atoms with Crippen LogP contribution in [0.25, 0.3) is 11.3 Å². The maximum absolute atomic E-state index is 5.76. The van der Waals surface area contributed by atoms with E-state index >= 15 is 0 Å². The van der Waals surface area contributed by atoms with Gasteiger partial charge in [0.15, 0.2) is 0 Å². The molecule has 0 spiro atoms. The number of nitrogens with zero attached hydrogens (tertiary/aromatic N) is 2. The molecule has 82 valence electrons. The van der Waals surface area contributed by atoms with Gasteiger partial charge in [0.1, 0.15) is 5.75 Å². The molecule has 1 aromatic carbocycles. The quantitative estimate of drug-likeness (QED) is 0.749. The minimum absolute atomic E-state index is 0.257. The lowest BCUT2D eigenvalue weighted by molar-refractivity contribution is 0.414. The summed E-state index contributed by atoms with van der Waals surface area (Å²) in [6.07, 6.45) is 1.65. The molecule has 0 fully saturated rings. The third-order valence-electron chi connectivity index (χ3n) is 2.34. The summed E-state index contributed by atoms with van der Waals surface area (Å²) in [5, 5.41) is 0.257. The van der Waals surface area contributed by atoms with Crippen LogP contribution in [-0.2, 0) is 0 Å². The molecule has 0 N–H and O–H groups in total. The molecule has 2 aromatic rings. The molecule has 2 rings (SSSR count). The number of halogens is 1. The van der Waals surface area contributed by atoms with Gasteiger partial charge in [-0.05, 0) is 48.4 Å². The molecular weight excluding hydrogens is 224 g/mol. The summed E-state index contributed by atoms with van der Waals surface area (Å²) in [6, 6.07) is 7.66. The molecule has 0 aliphatic heterocycles. The van der Waals surface area contributed by atoms with Gasteiger partial charge < -0.3 is 4.74 Å². The van der Waals surface area contributed by atoms with Gasteiger partial charge in [0.2, 0.25) is 5.28 Å². The second-order valence-electron chi connectivity index (χ2n) is 3.39. The molecule has 0 aliphatic carbocycles. The Kier molecular flexibility index (Phi) is 3.06. The lowest BCUT2D eigenvalue weighted by Crippen LogP contribution is -1.90. The van der Waals surface area contributed by atoms with Crippen molar-refractivity contribution in [2.75, 3.05) is 7.11 Å². The van der Waals surface area contributed by atoms with E-state index in [1.165, 1.54) is 0 Å². The molecule has 1 heterocycles. The van der Waals surface area contributed by atoms with Crippen LogP contribution >= 0.6 is 11.6 Å². The van der Waals surface area contributed by atoms with Crippen molar-refractivity contribution in [1.29, 1.82) is 0 Å². The number of aryl methyl sites for hydroxylation is 1. The van der Waals surface area contributed by atoms with Gasteiger partial charge >= 0.3 is 0 Å². The van der Waals surface area contributed by atoms with E-state index in [0.717, 1.165) is 22.6 Å². The summed E-state index contributed by atoms with van der Waals surface area (Å²) >= 11 is 5.76. The molecule has 0 amide bonds. The summed E-state index contributed by atoms with van der Waals surface area (Å²) in [6.45, 7) is 2.01. The number of ether oxygens (including phenoxy) is 1. The maximum Gasteiger partial charge on any atom is 0.222 e. The normalized spacial score (nSPS) is 10.2. The van der Waals surface area contributed by atoms with E-state index < -0.39 is 0 Å². The second-order valence-corrected chi connectivity index (χ2v) is 3.73. The molecule has 1 aromatic heterocycles. The van der Waals surface area contributed by atoms with E-state index in [1.54, 1.807) is 13.3 Å². The number of hydrogen-bond acceptors (Lipinski definition) is 3.